The van der Waals surface area contributed by atoms with E-state index >= 15 is 0 Å². The summed E-state index contributed by atoms with van der Waals surface area (Å²) < 4.78 is 6.08. The van der Waals surface area contributed by atoms with Crippen molar-refractivity contribution in [2.75, 3.05) is 5.32 Å². The largest absolute Gasteiger partial charge is 0.451 e. The predicted molar refractivity (Wildman–Crippen MR) is 94.4 cm³/mol. The van der Waals surface area contributed by atoms with E-state index in [-0.39, 0.29) is 11.4 Å². The number of nitrogens with one attached hydrogen (secondary N) is 1. The Morgan fingerprint density at radius 3 is 2.62 bits per heavy atom. The van der Waals surface area contributed by atoms with Gasteiger partial charge in [-0.15, -0.1) is 0 Å². The average Bonchev–Trinajstić information content (AvgIpc) is 2.86. The van der Waals surface area contributed by atoms with Crippen LogP contribution in [0.1, 0.15) is 21.7 Å². The first-order valence-corrected chi connectivity index (χ1v) is 7.91. The van der Waals surface area contributed by atoms with Crippen LogP contribution in [0.4, 0.5) is 11.4 Å². The number of halogens is 1. The molecular weight excluding hydrogens is 376 g/mol. The zero-order valence-corrected chi connectivity index (χ0v) is 14.5. The highest BCUT2D eigenvalue weighted by Crippen LogP contribution is 2.30. The molecule has 0 atom stereocenters. The molecule has 0 unspecified atom stereocenters. The van der Waals surface area contributed by atoms with Crippen LogP contribution in [0, 0.1) is 24.0 Å². The van der Waals surface area contributed by atoms with Gasteiger partial charge in [-0.3, -0.25) is 14.9 Å². The van der Waals surface area contributed by atoms with Gasteiger partial charge in [0.1, 0.15) is 5.58 Å². The smallest absolute Gasteiger partial charge is 0.291 e. The van der Waals surface area contributed by atoms with Crippen molar-refractivity contribution in [1.29, 1.82) is 0 Å². The highest BCUT2D eigenvalue weighted by molar-refractivity contribution is 9.10. The fraction of sp³-hybridized carbons (Fsp3) is 0.118. The van der Waals surface area contributed by atoms with Crippen LogP contribution >= 0.6 is 15.9 Å². The monoisotopic (exact) mass is 388 g/mol. The van der Waals surface area contributed by atoms with E-state index in [0.717, 1.165) is 16.5 Å². The van der Waals surface area contributed by atoms with Crippen LogP contribution in [0.25, 0.3) is 11.0 Å². The molecule has 0 bridgehead atoms. The van der Waals surface area contributed by atoms with Gasteiger partial charge in [0, 0.05) is 27.6 Å². The Labute approximate surface area is 145 Å². The van der Waals surface area contributed by atoms with Gasteiger partial charge in [-0.25, -0.2) is 0 Å². The third-order valence-electron chi connectivity index (χ3n) is 3.71. The second-order valence-corrected chi connectivity index (χ2v) is 6.29. The molecule has 0 saturated carbocycles. The van der Waals surface area contributed by atoms with E-state index in [1.54, 1.807) is 0 Å². The molecule has 24 heavy (non-hydrogen) atoms. The highest BCUT2D eigenvalue weighted by atomic mass is 79.9. The minimum Gasteiger partial charge on any atom is -0.451 e. The Bertz CT molecular complexity index is 978. The number of furan rings is 1. The van der Waals surface area contributed by atoms with E-state index < -0.39 is 10.8 Å². The van der Waals surface area contributed by atoms with E-state index in [2.05, 4.69) is 21.2 Å². The molecule has 0 radical (unpaired) electrons. The number of nitrogens with zero attached hydrogens (tertiary/aromatic N) is 1. The van der Waals surface area contributed by atoms with Crippen LogP contribution in [0.3, 0.4) is 0 Å². The van der Waals surface area contributed by atoms with Gasteiger partial charge in [0.2, 0.25) is 0 Å². The molecule has 0 saturated heterocycles. The number of fused-ring (bicyclic) bond motifs is 1. The number of hydrogen-bond donors (Lipinski definition) is 1. The molecule has 0 aliphatic carbocycles. The minimum absolute atomic E-state index is 0.0599. The number of nitro groups is 1. The zero-order valence-electron chi connectivity index (χ0n) is 12.9. The molecule has 0 aliphatic rings. The predicted octanol–water partition coefficient (Wildman–Crippen LogP) is 4.97. The lowest BCUT2D eigenvalue weighted by Crippen LogP contribution is -2.12. The van der Waals surface area contributed by atoms with Gasteiger partial charge < -0.3 is 9.73 Å². The van der Waals surface area contributed by atoms with E-state index in [1.807, 2.05) is 32.0 Å². The molecule has 3 rings (SSSR count). The van der Waals surface area contributed by atoms with Crippen LogP contribution in [0.5, 0.6) is 0 Å². The Morgan fingerprint density at radius 1 is 1.21 bits per heavy atom. The Morgan fingerprint density at radius 2 is 1.96 bits per heavy atom. The summed E-state index contributed by atoms with van der Waals surface area (Å²) in [6.45, 7) is 3.80. The van der Waals surface area contributed by atoms with Crippen molar-refractivity contribution in [3.63, 3.8) is 0 Å². The van der Waals surface area contributed by atoms with E-state index in [4.69, 9.17) is 4.42 Å². The summed E-state index contributed by atoms with van der Waals surface area (Å²) in [4.78, 5) is 22.8. The van der Waals surface area contributed by atoms with E-state index in [0.29, 0.717) is 15.7 Å². The summed E-state index contributed by atoms with van der Waals surface area (Å²) in [6.07, 6.45) is 0. The third-order valence-corrected chi connectivity index (χ3v) is 4.37. The summed E-state index contributed by atoms with van der Waals surface area (Å²) in [5, 5.41) is 14.4. The molecule has 122 valence electrons. The lowest BCUT2D eigenvalue weighted by molar-refractivity contribution is -0.384. The summed E-state index contributed by atoms with van der Waals surface area (Å²) in [5.74, 6) is -0.184. The molecule has 2 aromatic carbocycles. The van der Waals surface area contributed by atoms with Crippen molar-refractivity contribution in [2.24, 2.45) is 0 Å². The van der Waals surface area contributed by atoms with Gasteiger partial charge in [-0.1, -0.05) is 11.6 Å². The molecule has 0 aliphatic heterocycles. The van der Waals surface area contributed by atoms with Crippen molar-refractivity contribution in [3.8, 4) is 0 Å². The maximum atomic E-state index is 12.5. The fourth-order valence-corrected chi connectivity index (χ4v) is 2.92. The van der Waals surface area contributed by atoms with Gasteiger partial charge in [0.25, 0.3) is 11.6 Å². The second-order valence-electron chi connectivity index (χ2n) is 5.43. The number of rotatable bonds is 3. The van der Waals surface area contributed by atoms with Crippen molar-refractivity contribution in [2.45, 2.75) is 13.8 Å². The first-order chi connectivity index (χ1) is 11.4. The highest BCUT2D eigenvalue weighted by Gasteiger charge is 2.19. The summed E-state index contributed by atoms with van der Waals surface area (Å²) >= 11 is 3.23. The number of nitro benzene ring substituents is 1. The van der Waals surface area contributed by atoms with Crippen molar-refractivity contribution >= 4 is 44.2 Å². The van der Waals surface area contributed by atoms with Gasteiger partial charge in [-0.2, -0.15) is 0 Å². The Kier molecular flexibility index (Phi) is 4.11. The molecule has 6 nitrogen and oxygen atoms in total. The molecule has 7 heteroatoms. The first kappa shape index (κ1) is 16.2. The maximum Gasteiger partial charge on any atom is 0.291 e. The van der Waals surface area contributed by atoms with E-state index in [1.165, 1.54) is 18.2 Å². The molecule has 1 amide bonds. The van der Waals surface area contributed by atoms with Crippen LogP contribution in [-0.4, -0.2) is 10.8 Å². The number of anilines is 1. The normalized spacial score (nSPS) is 10.8. The molecule has 1 heterocycles. The van der Waals surface area contributed by atoms with Crippen molar-refractivity contribution in [1.82, 2.24) is 0 Å². The SMILES string of the molecule is Cc1ccc2oc(C(=O)Nc3ccc([N+](=O)[O-])cc3Br)c(C)c2c1. The van der Waals surface area contributed by atoms with Gasteiger partial charge in [0.05, 0.1) is 10.6 Å². The number of carbonyl (C=O) groups excluding carboxylic acids is 1. The molecule has 1 aromatic heterocycles. The van der Waals surface area contributed by atoms with Gasteiger partial charge in [0.15, 0.2) is 5.76 Å². The molecule has 0 fully saturated rings. The first-order valence-electron chi connectivity index (χ1n) is 7.12. The molecule has 0 spiro atoms. The van der Waals surface area contributed by atoms with Crippen LogP contribution in [-0.2, 0) is 0 Å². The second kappa shape index (κ2) is 6.09. The van der Waals surface area contributed by atoms with Crippen molar-refractivity contribution < 1.29 is 14.1 Å². The third kappa shape index (κ3) is 2.90. The summed E-state index contributed by atoms with van der Waals surface area (Å²) in [6, 6.07) is 9.85. The van der Waals surface area contributed by atoms with Gasteiger partial charge in [-0.05, 0) is 48.0 Å². The summed E-state index contributed by atoms with van der Waals surface area (Å²) in [7, 11) is 0. The Hall–Kier alpha value is -2.67. The maximum absolute atomic E-state index is 12.5. The lowest BCUT2D eigenvalue weighted by atomic mass is 10.1. The lowest BCUT2D eigenvalue weighted by Gasteiger charge is -2.06. The number of hydrogen-bond acceptors (Lipinski definition) is 4. The molecular formula is C17H13BrN2O4. The van der Waals surface area contributed by atoms with Crippen molar-refractivity contribution in [3.05, 3.63) is 67.9 Å². The van der Waals surface area contributed by atoms with Crippen LogP contribution in [0.2, 0.25) is 0 Å². The quantitative estimate of drug-likeness (QED) is 0.506. The minimum atomic E-state index is -0.498. The molecule has 3 aromatic rings. The number of benzene rings is 2. The topological polar surface area (TPSA) is 85.4 Å². The van der Waals surface area contributed by atoms with Crippen LogP contribution in [0.15, 0.2) is 45.3 Å². The van der Waals surface area contributed by atoms with Crippen LogP contribution < -0.4 is 5.32 Å². The zero-order chi connectivity index (χ0) is 17.4. The Balaban J connectivity index is 1.93. The number of aryl methyl sites for hydroxylation is 2. The number of amides is 1. The van der Waals surface area contributed by atoms with E-state index in [9.17, 15) is 14.9 Å². The summed E-state index contributed by atoms with van der Waals surface area (Å²) in [5.41, 5.74) is 2.85. The average molecular weight is 389 g/mol. The number of non-ortho nitro benzene ring substituents is 1. The standard InChI is InChI=1S/C17H13BrN2O4/c1-9-3-6-15-12(7-9)10(2)16(24-15)17(21)19-14-5-4-11(20(22)23)8-13(14)18/h3-8H,1-2H3,(H,19,21). The fourth-order valence-electron chi connectivity index (χ4n) is 2.45. The number of carbonyl (C=O) groups is 1. The molecule has 1 N–H and O–H groups in total. The van der Waals surface area contributed by atoms with Gasteiger partial charge >= 0.3 is 0 Å².